The van der Waals surface area contributed by atoms with E-state index in [-0.39, 0.29) is 6.99 Å². The molecular formula is H5OP5. The van der Waals surface area contributed by atoms with Gasteiger partial charge in [0.15, 0.2) is 8.15 Å². The molecule has 0 saturated heterocycles. The SMILES string of the molecule is O=PP(P)PP. The molecule has 0 radical (unpaired) electrons. The molecule has 0 aromatic heterocycles. The summed E-state index contributed by atoms with van der Waals surface area (Å²) in [5.74, 6) is 0. The molecule has 0 fully saturated rings. The molecule has 4 unspecified atom stereocenters. The van der Waals surface area contributed by atoms with Crippen molar-refractivity contribution in [3.63, 3.8) is 0 Å². The lowest BCUT2D eigenvalue weighted by atomic mass is 16.0. The van der Waals surface area contributed by atoms with Crippen LogP contribution in [0.3, 0.4) is 0 Å². The first-order valence-electron chi connectivity index (χ1n) is 1.15. The van der Waals surface area contributed by atoms with Crippen molar-refractivity contribution in [1.82, 2.24) is 0 Å². The van der Waals surface area contributed by atoms with Crippen molar-refractivity contribution in [2.45, 2.75) is 0 Å². The van der Waals surface area contributed by atoms with Gasteiger partial charge >= 0.3 is 0 Å². The molecule has 6 heavy (non-hydrogen) atoms. The van der Waals surface area contributed by atoms with Gasteiger partial charge in [0.2, 0.25) is 0 Å². The van der Waals surface area contributed by atoms with Crippen molar-refractivity contribution in [2.75, 3.05) is 0 Å². The number of hydrogen-bond donors (Lipinski definition) is 0. The summed E-state index contributed by atoms with van der Waals surface area (Å²) in [5.41, 5.74) is 0. The molecule has 0 amide bonds. The van der Waals surface area contributed by atoms with Crippen molar-refractivity contribution < 1.29 is 4.57 Å². The highest BCUT2D eigenvalue weighted by atomic mass is 32.8. The number of rotatable bonds is 2. The highest BCUT2D eigenvalue weighted by Crippen LogP contribution is 2.73. The molecule has 0 aliphatic heterocycles. The van der Waals surface area contributed by atoms with Gasteiger partial charge in [0.05, 0.1) is 0 Å². The Morgan fingerprint density at radius 3 is 2.33 bits per heavy atom. The van der Waals surface area contributed by atoms with Crippen LogP contribution in [0.15, 0.2) is 0 Å². The summed E-state index contributed by atoms with van der Waals surface area (Å²) in [4.78, 5) is 0. The van der Waals surface area contributed by atoms with Gasteiger partial charge in [-0.15, -0.1) is 8.93 Å². The lowest BCUT2D eigenvalue weighted by Gasteiger charge is -1.88. The molecule has 0 aliphatic carbocycles. The van der Waals surface area contributed by atoms with E-state index >= 15 is 0 Å². The maximum absolute atomic E-state index is 9.83. The average molecular weight is 176 g/mol. The van der Waals surface area contributed by atoms with Gasteiger partial charge in [0, 0.05) is 6.99 Å². The molecular weight excluding hydrogens is 171 g/mol. The maximum Gasteiger partial charge on any atom is 0.190 e. The summed E-state index contributed by atoms with van der Waals surface area (Å²) in [6.07, 6.45) is 0. The molecule has 0 N–H and O–H groups in total. The predicted octanol–water partition coefficient (Wildman–Crippen LogP) is 2.85. The van der Waals surface area contributed by atoms with E-state index in [1.54, 1.807) is 0 Å². The second-order valence-electron chi connectivity index (χ2n) is 0.555. The minimum absolute atomic E-state index is 0.252. The Morgan fingerprint density at radius 2 is 2.33 bits per heavy atom. The van der Waals surface area contributed by atoms with Gasteiger partial charge in [-0.05, 0) is 0 Å². The highest BCUT2D eigenvalue weighted by molar-refractivity contribution is 8.78. The molecule has 0 aliphatic rings. The fourth-order valence-corrected chi connectivity index (χ4v) is 1.91. The van der Waals surface area contributed by atoms with Crippen LogP contribution in [0.5, 0.6) is 0 Å². The first kappa shape index (κ1) is 7.82. The van der Waals surface area contributed by atoms with Crippen LogP contribution in [0.25, 0.3) is 0 Å². The summed E-state index contributed by atoms with van der Waals surface area (Å²) in [6.45, 7) is -0.252. The Balaban J connectivity index is 2.96. The van der Waals surface area contributed by atoms with Crippen LogP contribution < -0.4 is 0 Å². The predicted molar refractivity (Wildman–Crippen MR) is 42.3 cm³/mol. The summed E-state index contributed by atoms with van der Waals surface area (Å²) in [7, 11) is 6.16. The molecule has 1 nitrogen and oxygen atoms in total. The first-order chi connectivity index (χ1) is 2.81. The Kier molecular flexibility index (Phi) is 6.47. The third kappa shape index (κ3) is 3.99. The van der Waals surface area contributed by atoms with Gasteiger partial charge in [0.1, 0.15) is 0 Å². The van der Waals surface area contributed by atoms with Crippen molar-refractivity contribution in [3.8, 4) is 0 Å². The molecule has 0 aromatic rings. The van der Waals surface area contributed by atoms with E-state index in [1.165, 1.54) is 0 Å². The fourth-order valence-electron chi connectivity index (χ4n) is 0.0236. The second-order valence-corrected chi connectivity index (χ2v) is 13.5. The summed E-state index contributed by atoms with van der Waals surface area (Å²) < 4.78 is 9.83. The summed E-state index contributed by atoms with van der Waals surface area (Å²) >= 11 is 0. The lowest BCUT2D eigenvalue weighted by molar-refractivity contribution is 0.605. The van der Waals surface area contributed by atoms with Crippen molar-refractivity contribution in [1.29, 1.82) is 0 Å². The van der Waals surface area contributed by atoms with Crippen LogP contribution >= 0.6 is 41.0 Å². The summed E-state index contributed by atoms with van der Waals surface area (Å²) in [5, 5.41) is 0. The van der Waals surface area contributed by atoms with Crippen LogP contribution in [0.1, 0.15) is 0 Å². The molecule has 0 aromatic carbocycles. The van der Waals surface area contributed by atoms with E-state index in [0.717, 1.165) is 7.96 Å². The molecule has 36 valence electrons. The van der Waals surface area contributed by atoms with Gasteiger partial charge in [-0.25, -0.2) is 0 Å². The van der Waals surface area contributed by atoms with E-state index in [4.69, 9.17) is 0 Å². The number of hydrogen-bond acceptors (Lipinski definition) is 1. The van der Waals surface area contributed by atoms with Crippen LogP contribution in [0.2, 0.25) is 0 Å². The van der Waals surface area contributed by atoms with Gasteiger partial charge in [-0.2, -0.15) is 0 Å². The fraction of sp³-hybridized carbons (Fsp3) is 0. The largest absolute Gasteiger partial charge is 0.269 e. The highest BCUT2D eigenvalue weighted by Gasteiger charge is 1.90. The maximum atomic E-state index is 9.83. The summed E-state index contributed by atoms with van der Waals surface area (Å²) in [6, 6.07) is 0. The standard InChI is InChI=1S/H5OP5/c1-4-6(3)5-2/h5H,2-3H2. The molecule has 6 heteroatoms. The molecule has 0 saturated carbocycles. The zero-order chi connectivity index (χ0) is 4.99. The van der Waals surface area contributed by atoms with Gasteiger partial charge in [-0.3, -0.25) is 4.57 Å². The lowest BCUT2D eigenvalue weighted by Crippen LogP contribution is -1.07. The molecule has 0 spiro atoms. The van der Waals surface area contributed by atoms with Gasteiger partial charge in [-0.1, -0.05) is 16.9 Å². The quantitative estimate of drug-likeness (QED) is 0.591. The van der Waals surface area contributed by atoms with Gasteiger partial charge in [0.25, 0.3) is 0 Å². The van der Waals surface area contributed by atoms with Crippen molar-refractivity contribution in [3.05, 3.63) is 0 Å². The smallest absolute Gasteiger partial charge is 0.190 e. The Morgan fingerprint density at radius 1 is 1.83 bits per heavy atom. The molecule has 0 rings (SSSR count). The minimum atomic E-state index is -0.252. The minimum Gasteiger partial charge on any atom is -0.269 e. The average Bonchev–Trinajstić information content (AvgIpc) is 1.65. The topological polar surface area (TPSA) is 17.1 Å². The zero-order valence-corrected chi connectivity index (χ0v) is 8.06. The van der Waals surface area contributed by atoms with Crippen LogP contribution in [-0.2, 0) is 4.57 Å². The monoisotopic (exact) mass is 176 g/mol. The molecule has 0 bridgehead atoms. The normalized spacial score (nSPS) is 17.0. The van der Waals surface area contributed by atoms with E-state index in [2.05, 4.69) is 17.9 Å². The Labute approximate surface area is 46.1 Å². The Hall–Kier alpha value is 1.82. The van der Waals surface area contributed by atoms with Gasteiger partial charge < -0.3 is 0 Å². The Bertz CT molecular complexity index is 41.2. The zero-order valence-electron chi connectivity index (χ0n) is 2.96. The van der Waals surface area contributed by atoms with Crippen LogP contribution in [0.4, 0.5) is 0 Å². The van der Waals surface area contributed by atoms with Crippen LogP contribution in [0, 0.1) is 0 Å². The van der Waals surface area contributed by atoms with Crippen molar-refractivity contribution in [2.24, 2.45) is 0 Å². The van der Waals surface area contributed by atoms with E-state index in [0.29, 0.717) is 8.15 Å². The third-order valence-electron chi connectivity index (χ3n) is 0.220. The third-order valence-corrected chi connectivity index (χ3v) is 13.1. The van der Waals surface area contributed by atoms with Crippen LogP contribution in [-0.4, -0.2) is 0 Å². The molecule has 4 atom stereocenters. The van der Waals surface area contributed by atoms with E-state index in [9.17, 15) is 4.57 Å². The molecule has 0 heterocycles. The second kappa shape index (κ2) is 4.97. The first-order valence-corrected chi connectivity index (χ1v) is 9.28. The van der Waals surface area contributed by atoms with E-state index in [1.807, 2.05) is 0 Å². The van der Waals surface area contributed by atoms with Crippen molar-refractivity contribution >= 4 is 41.0 Å². The van der Waals surface area contributed by atoms with E-state index < -0.39 is 0 Å².